The molecule has 2 aliphatic heterocycles. The van der Waals surface area contributed by atoms with E-state index in [2.05, 4.69) is 43.2 Å². The predicted molar refractivity (Wildman–Crippen MR) is 130 cm³/mol. The van der Waals surface area contributed by atoms with E-state index >= 15 is 0 Å². The van der Waals surface area contributed by atoms with Crippen LogP contribution >= 0.6 is 35.5 Å². The third-order valence-electron chi connectivity index (χ3n) is 5.07. The number of rotatable bonds is 6. The van der Waals surface area contributed by atoms with E-state index in [-0.39, 0.29) is 35.5 Å². The van der Waals surface area contributed by atoms with Crippen molar-refractivity contribution >= 4 is 56.4 Å². The highest BCUT2D eigenvalue weighted by Gasteiger charge is 2.23. The van der Waals surface area contributed by atoms with Crippen LogP contribution in [-0.4, -0.2) is 104 Å². The average molecular weight is 558 g/mol. The highest BCUT2D eigenvalue weighted by Crippen LogP contribution is 2.19. The van der Waals surface area contributed by atoms with Gasteiger partial charge in [-0.2, -0.15) is 4.37 Å². The Morgan fingerprint density at radius 1 is 1.14 bits per heavy atom. The van der Waals surface area contributed by atoms with Crippen LogP contribution < -0.4 is 10.2 Å². The lowest BCUT2D eigenvalue weighted by molar-refractivity contribution is 0.302. The molecule has 3 rings (SSSR count). The normalized spacial score (nSPS) is 20.4. The van der Waals surface area contributed by atoms with Crippen LogP contribution in [0.5, 0.6) is 0 Å². The van der Waals surface area contributed by atoms with E-state index in [4.69, 9.17) is 4.99 Å². The molecule has 166 valence electrons. The smallest absolute Gasteiger partial charge is 0.205 e. The van der Waals surface area contributed by atoms with Crippen LogP contribution in [0.3, 0.4) is 0 Å². The largest absolute Gasteiger partial charge is 0.357 e. The van der Waals surface area contributed by atoms with Crippen molar-refractivity contribution in [3.63, 3.8) is 0 Å². The number of aromatic nitrogens is 2. The number of hydrogen-bond acceptors (Lipinski definition) is 8. The molecule has 0 aliphatic carbocycles. The lowest BCUT2D eigenvalue weighted by Gasteiger charge is -2.36. The average Bonchev–Trinajstić information content (AvgIpc) is 3.18. The van der Waals surface area contributed by atoms with Crippen LogP contribution in [0, 0.1) is 0 Å². The molecule has 12 heteroatoms. The minimum atomic E-state index is -2.82. The Morgan fingerprint density at radius 2 is 1.83 bits per heavy atom. The summed E-state index contributed by atoms with van der Waals surface area (Å²) < 4.78 is 27.5. The van der Waals surface area contributed by atoms with Gasteiger partial charge in [-0.3, -0.25) is 9.89 Å². The molecule has 1 aromatic rings. The van der Waals surface area contributed by atoms with E-state index in [0.29, 0.717) is 19.6 Å². The lowest BCUT2D eigenvalue weighted by Crippen LogP contribution is -2.52. The third kappa shape index (κ3) is 7.17. The van der Waals surface area contributed by atoms with Crippen LogP contribution in [-0.2, 0) is 16.3 Å². The van der Waals surface area contributed by atoms with Gasteiger partial charge in [-0.1, -0.05) is 6.92 Å². The van der Waals surface area contributed by atoms with Crippen molar-refractivity contribution in [1.29, 1.82) is 0 Å². The fourth-order valence-corrected chi connectivity index (χ4v) is 5.40. The van der Waals surface area contributed by atoms with E-state index < -0.39 is 9.84 Å². The second-order valence-corrected chi connectivity index (χ2v) is 10.1. The summed E-state index contributed by atoms with van der Waals surface area (Å²) in [6.45, 7) is 11.3. The summed E-state index contributed by atoms with van der Waals surface area (Å²) in [6.07, 6.45) is 0.872. The van der Waals surface area contributed by atoms with Crippen LogP contribution in [0.1, 0.15) is 19.7 Å². The highest BCUT2D eigenvalue weighted by molar-refractivity contribution is 14.0. The van der Waals surface area contributed by atoms with Crippen molar-refractivity contribution in [2.45, 2.75) is 20.3 Å². The van der Waals surface area contributed by atoms with Gasteiger partial charge in [0.25, 0.3) is 0 Å². The van der Waals surface area contributed by atoms with Gasteiger partial charge < -0.3 is 15.1 Å². The van der Waals surface area contributed by atoms with Crippen LogP contribution in [0.25, 0.3) is 0 Å². The van der Waals surface area contributed by atoms with Gasteiger partial charge in [0.1, 0.15) is 5.82 Å². The second-order valence-electron chi connectivity index (χ2n) is 7.05. The number of guanidine groups is 1. The maximum Gasteiger partial charge on any atom is 0.205 e. The monoisotopic (exact) mass is 557 g/mol. The number of anilines is 1. The zero-order chi connectivity index (χ0) is 20.0. The molecule has 0 aromatic carbocycles. The van der Waals surface area contributed by atoms with E-state index in [1.165, 1.54) is 11.5 Å². The number of aliphatic imine (C=N–C) groups is 1. The maximum absolute atomic E-state index is 11.5. The van der Waals surface area contributed by atoms with E-state index in [0.717, 1.165) is 62.6 Å². The molecule has 0 amide bonds. The number of sulfone groups is 1. The molecule has 1 aromatic heterocycles. The summed E-state index contributed by atoms with van der Waals surface area (Å²) in [4.78, 5) is 16.1. The van der Waals surface area contributed by atoms with E-state index in [9.17, 15) is 8.42 Å². The molecule has 2 aliphatic rings. The van der Waals surface area contributed by atoms with Gasteiger partial charge >= 0.3 is 0 Å². The first-order chi connectivity index (χ1) is 13.5. The molecule has 0 saturated carbocycles. The summed E-state index contributed by atoms with van der Waals surface area (Å²) >= 11 is 1.48. The Labute approximate surface area is 195 Å². The first-order valence-corrected chi connectivity index (χ1v) is 12.6. The fraction of sp³-hybridized carbons (Fsp3) is 0.824. The minimum Gasteiger partial charge on any atom is -0.357 e. The first-order valence-electron chi connectivity index (χ1n) is 10.0. The Balaban J connectivity index is 0.00000300. The maximum atomic E-state index is 11.5. The van der Waals surface area contributed by atoms with Crippen LogP contribution in [0.2, 0.25) is 0 Å². The molecule has 3 heterocycles. The minimum absolute atomic E-state index is 0. The fourth-order valence-electron chi connectivity index (χ4n) is 3.32. The molecular formula is C17H32IN7O2S2. The zero-order valence-electron chi connectivity index (χ0n) is 17.2. The summed E-state index contributed by atoms with van der Waals surface area (Å²) in [5, 5.41) is 4.40. The Bertz CT molecular complexity index is 750. The quantitative estimate of drug-likeness (QED) is 0.308. The number of nitrogens with zero attached hydrogens (tertiary/aromatic N) is 6. The molecule has 2 fully saturated rings. The van der Waals surface area contributed by atoms with E-state index in [1.54, 1.807) is 0 Å². The molecule has 29 heavy (non-hydrogen) atoms. The van der Waals surface area contributed by atoms with Crippen LogP contribution in [0.15, 0.2) is 4.99 Å². The Hall–Kier alpha value is -0.730. The van der Waals surface area contributed by atoms with Gasteiger partial charge in [-0.15, -0.1) is 24.0 Å². The number of halogens is 1. The molecule has 0 bridgehead atoms. The SMILES string of the molecule is CCNC(=NCCN1CCS(=O)(=O)CC1)N1CCN(c2nc(CC)ns2)CC1.I. The number of aryl methyl sites for hydroxylation is 1. The number of hydrogen-bond donors (Lipinski definition) is 1. The van der Waals surface area contributed by atoms with Crippen molar-refractivity contribution in [3.8, 4) is 0 Å². The van der Waals surface area contributed by atoms with Crippen molar-refractivity contribution in [2.75, 3.05) is 75.3 Å². The first kappa shape index (κ1) is 24.5. The highest BCUT2D eigenvalue weighted by atomic mass is 127. The lowest BCUT2D eigenvalue weighted by atomic mass is 10.3. The van der Waals surface area contributed by atoms with Crippen LogP contribution in [0.4, 0.5) is 5.13 Å². The van der Waals surface area contributed by atoms with Gasteiger partial charge in [0.05, 0.1) is 18.1 Å². The Kier molecular flexibility index (Phi) is 9.82. The molecule has 0 spiro atoms. The molecule has 0 radical (unpaired) electrons. The summed E-state index contributed by atoms with van der Waals surface area (Å²) in [6, 6.07) is 0. The molecule has 0 atom stereocenters. The van der Waals surface area contributed by atoms with Gasteiger partial charge in [0, 0.05) is 70.3 Å². The zero-order valence-corrected chi connectivity index (χ0v) is 21.2. The summed E-state index contributed by atoms with van der Waals surface area (Å²) in [5.74, 6) is 2.40. The summed E-state index contributed by atoms with van der Waals surface area (Å²) in [5.41, 5.74) is 0. The van der Waals surface area contributed by atoms with Crippen molar-refractivity contribution in [2.24, 2.45) is 4.99 Å². The van der Waals surface area contributed by atoms with E-state index in [1.807, 2.05) is 0 Å². The number of piperazine rings is 1. The third-order valence-corrected chi connectivity index (χ3v) is 7.50. The number of nitrogens with one attached hydrogen (secondary N) is 1. The summed E-state index contributed by atoms with van der Waals surface area (Å²) in [7, 11) is -2.82. The van der Waals surface area contributed by atoms with Gasteiger partial charge in [-0.05, 0) is 6.92 Å². The van der Waals surface area contributed by atoms with Gasteiger partial charge in [0.15, 0.2) is 15.8 Å². The predicted octanol–water partition coefficient (Wildman–Crippen LogP) is 0.536. The van der Waals surface area contributed by atoms with Crippen molar-refractivity contribution < 1.29 is 8.42 Å². The van der Waals surface area contributed by atoms with Crippen molar-refractivity contribution in [3.05, 3.63) is 5.82 Å². The second kappa shape index (κ2) is 11.6. The van der Waals surface area contributed by atoms with Crippen molar-refractivity contribution in [1.82, 2.24) is 24.5 Å². The molecular weight excluding hydrogens is 525 g/mol. The van der Waals surface area contributed by atoms with Gasteiger partial charge in [0.2, 0.25) is 5.13 Å². The standard InChI is InChI=1S/C17H31N7O2S2.HI/c1-3-15-20-17(27-21-15)24-9-7-23(8-10-24)16(18-4-2)19-5-6-22-11-13-28(25,26)14-12-22;/h3-14H2,1-2H3,(H,18,19);1H. The molecule has 0 unspecified atom stereocenters. The molecule has 1 N–H and O–H groups in total. The Morgan fingerprint density at radius 3 is 2.41 bits per heavy atom. The topological polar surface area (TPSA) is 94.0 Å². The molecule has 2 saturated heterocycles. The molecule has 9 nitrogen and oxygen atoms in total. The van der Waals surface area contributed by atoms with Gasteiger partial charge in [-0.25, -0.2) is 13.4 Å².